The summed E-state index contributed by atoms with van der Waals surface area (Å²) >= 11 is 0. The van der Waals surface area contributed by atoms with Crippen molar-refractivity contribution in [3.8, 4) is 0 Å². The summed E-state index contributed by atoms with van der Waals surface area (Å²) in [6.45, 7) is 4.72. The number of carbonyl (C=O) groups is 2. The highest BCUT2D eigenvalue weighted by Crippen LogP contribution is 2.56. The molecule has 0 aromatic carbocycles. The lowest BCUT2D eigenvalue weighted by molar-refractivity contribution is -0.142. The van der Waals surface area contributed by atoms with Gasteiger partial charge in [0.25, 0.3) is 0 Å². The van der Waals surface area contributed by atoms with E-state index in [2.05, 4.69) is 26.9 Å². The van der Waals surface area contributed by atoms with E-state index in [0.29, 0.717) is 30.3 Å². The Morgan fingerprint density at radius 3 is 2.45 bits per heavy atom. The fourth-order valence-electron chi connectivity index (χ4n) is 7.06. The highest BCUT2D eigenvalue weighted by molar-refractivity contribution is 6.06. The van der Waals surface area contributed by atoms with Gasteiger partial charge in [0.2, 0.25) is 11.8 Å². The Labute approximate surface area is 172 Å². The first kappa shape index (κ1) is 17.9. The van der Waals surface area contributed by atoms with Crippen LogP contribution in [-0.4, -0.2) is 65.4 Å². The Morgan fingerprint density at radius 2 is 1.72 bits per heavy atom. The smallest absolute Gasteiger partial charge is 0.233 e. The van der Waals surface area contributed by atoms with Crippen LogP contribution in [0.15, 0.2) is 24.4 Å². The number of piperidine rings is 1. The number of anilines is 1. The number of imide groups is 1. The van der Waals surface area contributed by atoms with Crippen molar-refractivity contribution in [3.63, 3.8) is 0 Å². The zero-order valence-corrected chi connectivity index (χ0v) is 16.9. The van der Waals surface area contributed by atoms with Crippen molar-refractivity contribution >= 4 is 17.6 Å². The van der Waals surface area contributed by atoms with E-state index < -0.39 is 0 Å². The van der Waals surface area contributed by atoms with Crippen molar-refractivity contribution < 1.29 is 9.59 Å². The third-order valence-corrected chi connectivity index (χ3v) is 8.44. The van der Waals surface area contributed by atoms with Crippen molar-refractivity contribution in [2.24, 2.45) is 29.6 Å². The molecule has 0 N–H and O–H groups in total. The molecule has 0 radical (unpaired) electrons. The number of pyridine rings is 1. The number of hydrogen-bond acceptors (Lipinski definition) is 5. The monoisotopic (exact) mass is 394 g/mol. The molecular weight excluding hydrogens is 364 g/mol. The minimum atomic E-state index is 0.0273. The molecule has 4 heterocycles. The quantitative estimate of drug-likeness (QED) is 0.734. The van der Waals surface area contributed by atoms with Gasteiger partial charge >= 0.3 is 0 Å². The van der Waals surface area contributed by atoms with Crippen LogP contribution in [0.2, 0.25) is 0 Å². The van der Waals surface area contributed by atoms with Crippen molar-refractivity contribution in [1.82, 2.24) is 14.8 Å². The second kappa shape index (κ2) is 6.79. The van der Waals surface area contributed by atoms with E-state index in [1.807, 2.05) is 12.3 Å². The second-order valence-corrected chi connectivity index (χ2v) is 9.90. The van der Waals surface area contributed by atoms with E-state index >= 15 is 0 Å². The molecule has 6 nitrogen and oxygen atoms in total. The maximum Gasteiger partial charge on any atom is 0.233 e. The first-order valence-corrected chi connectivity index (χ1v) is 11.4. The molecule has 6 heteroatoms. The van der Waals surface area contributed by atoms with Crippen LogP contribution < -0.4 is 4.90 Å². The number of likely N-dealkylation sites (tertiary alicyclic amines) is 1. The SMILES string of the molecule is O=C1C2C(C(=O)N1C[C@H]1CC[C@H]3CN(c4ccccn4)CCN3C1)[C@H]1CC[C@@H]2C1. The van der Waals surface area contributed by atoms with Crippen LogP contribution in [0.3, 0.4) is 0 Å². The predicted molar refractivity (Wildman–Crippen MR) is 109 cm³/mol. The normalized spacial score (nSPS) is 39.2. The van der Waals surface area contributed by atoms with Gasteiger partial charge in [-0.15, -0.1) is 0 Å². The lowest BCUT2D eigenvalue weighted by atomic mass is 9.81. The van der Waals surface area contributed by atoms with Crippen LogP contribution in [0.1, 0.15) is 32.1 Å². The van der Waals surface area contributed by atoms with Crippen LogP contribution in [0.4, 0.5) is 5.82 Å². The molecule has 2 amide bonds. The summed E-state index contributed by atoms with van der Waals surface area (Å²) in [4.78, 5) is 37.2. The molecule has 3 aliphatic heterocycles. The summed E-state index contributed by atoms with van der Waals surface area (Å²) in [6, 6.07) is 6.67. The van der Waals surface area contributed by atoms with Crippen LogP contribution in [0.25, 0.3) is 0 Å². The summed E-state index contributed by atoms with van der Waals surface area (Å²) < 4.78 is 0. The summed E-state index contributed by atoms with van der Waals surface area (Å²) in [5, 5.41) is 0. The maximum absolute atomic E-state index is 13.0. The molecule has 1 aromatic heterocycles. The van der Waals surface area contributed by atoms with E-state index in [1.165, 1.54) is 0 Å². The third kappa shape index (κ3) is 2.82. The first-order valence-electron chi connectivity index (χ1n) is 11.4. The predicted octanol–water partition coefficient (Wildman–Crippen LogP) is 2.01. The van der Waals surface area contributed by atoms with E-state index in [9.17, 15) is 9.59 Å². The van der Waals surface area contributed by atoms with Gasteiger partial charge < -0.3 is 4.90 Å². The van der Waals surface area contributed by atoms with Gasteiger partial charge in [-0.1, -0.05) is 6.07 Å². The maximum atomic E-state index is 13.0. The van der Waals surface area contributed by atoms with Gasteiger partial charge in [-0.05, 0) is 62.0 Å². The van der Waals surface area contributed by atoms with Crippen molar-refractivity contribution in [3.05, 3.63) is 24.4 Å². The third-order valence-electron chi connectivity index (χ3n) is 8.44. The molecule has 2 unspecified atom stereocenters. The lowest BCUT2D eigenvalue weighted by Gasteiger charge is -2.47. The van der Waals surface area contributed by atoms with Gasteiger partial charge in [0.15, 0.2) is 0 Å². The first-order chi connectivity index (χ1) is 14.2. The molecular formula is C23H30N4O2. The highest BCUT2D eigenvalue weighted by atomic mass is 16.2. The van der Waals surface area contributed by atoms with Gasteiger partial charge in [0, 0.05) is 45.0 Å². The van der Waals surface area contributed by atoms with Gasteiger partial charge in [-0.25, -0.2) is 4.98 Å². The van der Waals surface area contributed by atoms with Crippen molar-refractivity contribution in [2.75, 3.05) is 37.6 Å². The fourth-order valence-corrected chi connectivity index (χ4v) is 7.06. The van der Waals surface area contributed by atoms with Crippen molar-refractivity contribution in [2.45, 2.75) is 38.1 Å². The minimum Gasteiger partial charge on any atom is -0.354 e. The number of piperazine rings is 1. The number of fused-ring (bicyclic) bond motifs is 6. The average molecular weight is 395 g/mol. The number of amides is 2. The number of carbonyl (C=O) groups excluding carboxylic acids is 2. The molecule has 6 rings (SSSR count). The van der Waals surface area contributed by atoms with E-state index in [0.717, 1.165) is 64.1 Å². The zero-order valence-electron chi connectivity index (χ0n) is 16.9. The number of hydrogen-bond donors (Lipinski definition) is 0. The van der Waals surface area contributed by atoms with Crippen LogP contribution in [0, 0.1) is 29.6 Å². The molecule has 2 bridgehead atoms. The topological polar surface area (TPSA) is 56.8 Å². The zero-order chi connectivity index (χ0) is 19.5. The Morgan fingerprint density at radius 1 is 0.931 bits per heavy atom. The molecule has 5 fully saturated rings. The second-order valence-electron chi connectivity index (χ2n) is 9.90. The molecule has 2 saturated carbocycles. The van der Waals surface area contributed by atoms with E-state index in [4.69, 9.17) is 0 Å². The minimum absolute atomic E-state index is 0.0273. The van der Waals surface area contributed by atoms with Crippen molar-refractivity contribution in [1.29, 1.82) is 0 Å². The number of aromatic nitrogens is 1. The molecule has 154 valence electrons. The van der Waals surface area contributed by atoms with Crippen LogP contribution >= 0.6 is 0 Å². The Bertz CT molecular complexity index is 786. The molecule has 0 spiro atoms. The molecule has 1 aromatic rings. The number of nitrogens with zero attached hydrogens (tertiary/aromatic N) is 4. The van der Waals surface area contributed by atoms with Crippen LogP contribution in [-0.2, 0) is 9.59 Å². The molecule has 5 aliphatic rings. The van der Waals surface area contributed by atoms with Gasteiger partial charge in [-0.2, -0.15) is 0 Å². The Kier molecular flexibility index (Phi) is 4.19. The van der Waals surface area contributed by atoms with Crippen LogP contribution in [0.5, 0.6) is 0 Å². The average Bonchev–Trinajstić information content (AvgIpc) is 3.44. The standard InChI is InChI=1S/C23H30N4O2/c28-22-20-16-5-6-17(11-16)21(20)23(29)27(22)13-15-4-7-18-14-26(10-9-25(18)12-15)19-3-1-2-8-24-19/h1-3,8,15-18,20-21H,4-7,9-14H2/t15-,16-,17+,18-,20?,21?/m0/s1. The largest absolute Gasteiger partial charge is 0.354 e. The Balaban J connectivity index is 1.09. The summed E-state index contributed by atoms with van der Waals surface area (Å²) in [5.74, 6) is 2.85. The highest BCUT2D eigenvalue weighted by Gasteiger charge is 2.60. The summed E-state index contributed by atoms with van der Waals surface area (Å²) in [7, 11) is 0. The fraction of sp³-hybridized carbons (Fsp3) is 0.696. The van der Waals surface area contributed by atoms with Gasteiger partial charge in [-0.3, -0.25) is 19.4 Å². The lowest BCUT2D eigenvalue weighted by Crippen LogP contribution is -2.57. The summed E-state index contributed by atoms with van der Waals surface area (Å²) in [6.07, 6.45) is 7.55. The van der Waals surface area contributed by atoms with Gasteiger partial charge in [0.1, 0.15) is 5.82 Å². The number of rotatable bonds is 3. The Hall–Kier alpha value is -1.95. The molecule has 6 atom stereocenters. The summed E-state index contributed by atoms with van der Waals surface area (Å²) in [5.41, 5.74) is 0. The van der Waals surface area contributed by atoms with Gasteiger partial charge in [0.05, 0.1) is 11.8 Å². The molecule has 3 saturated heterocycles. The molecule has 2 aliphatic carbocycles. The molecule has 29 heavy (non-hydrogen) atoms. The van der Waals surface area contributed by atoms with E-state index in [-0.39, 0.29) is 23.7 Å². The van der Waals surface area contributed by atoms with E-state index in [1.54, 1.807) is 4.90 Å².